The van der Waals surface area contributed by atoms with Crippen LogP contribution in [0, 0.1) is 13.8 Å². The first-order valence-electron chi connectivity index (χ1n) is 4.83. The maximum absolute atomic E-state index is 11.0. The lowest BCUT2D eigenvalue weighted by molar-refractivity contribution is 1.17. The third-order valence-electron chi connectivity index (χ3n) is 2.09. The van der Waals surface area contributed by atoms with Crippen molar-refractivity contribution >= 4 is 22.0 Å². The zero-order valence-corrected chi connectivity index (χ0v) is 9.84. The van der Waals surface area contributed by atoms with E-state index in [-0.39, 0.29) is 4.87 Å². The molecule has 1 heterocycles. The van der Waals surface area contributed by atoms with Crippen LogP contribution in [-0.4, -0.2) is 4.98 Å². The average molecular weight is 233 g/mol. The minimum absolute atomic E-state index is 0.102. The highest BCUT2D eigenvalue weighted by Gasteiger charge is 2.01. The van der Waals surface area contributed by atoms with E-state index >= 15 is 0 Å². The van der Waals surface area contributed by atoms with Crippen LogP contribution in [0.1, 0.15) is 11.3 Å². The second-order valence-electron chi connectivity index (χ2n) is 3.48. The van der Waals surface area contributed by atoms with E-state index in [1.54, 1.807) is 6.92 Å². The minimum atomic E-state index is -0.102. The first-order valence-corrected chi connectivity index (χ1v) is 5.65. The van der Waals surface area contributed by atoms with Crippen LogP contribution in [0.2, 0.25) is 0 Å². The Bertz CT molecular complexity index is 566. The van der Waals surface area contributed by atoms with Crippen LogP contribution >= 0.6 is 11.3 Å². The molecular weight excluding hydrogens is 222 g/mol. The second kappa shape index (κ2) is 4.40. The predicted octanol–water partition coefficient (Wildman–Crippen LogP) is 3.47. The quantitative estimate of drug-likeness (QED) is 0.793. The summed E-state index contributed by atoms with van der Waals surface area (Å²) in [5.74, 6) is 0. The molecular formula is C11H11N3OS. The Morgan fingerprint density at radius 1 is 1.12 bits per heavy atom. The van der Waals surface area contributed by atoms with E-state index in [9.17, 15) is 4.79 Å². The minimum Gasteiger partial charge on any atom is -0.315 e. The summed E-state index contributed by atoms with van der Waals surface area (Å²) in [6, 6.07) is 7.73. The number of rotatable bonds is 2. The van der Waals surface area contributed by atoms with E-state index in [0.29, 0.717) is 5.00 Å². The molecule has 0 atom stereocenters. The summed E-state index contributed by atoms with van der Waals surface area (Å²) in [7, 11) is 0. The first-order chi connectivity index (χ1) is 7.65. The number of aryl methyl sites for hydroxylation is 2. The number of H-pyrrole nitrogens is 1. The molecule has 0 fully saturated rings. The van der Waals surface area contributed by atoms with Crippen molar-refractivity contribution in [3.8, 4) is 0 Å². The Morgan fingerprint density at radius 2 is 1.81 bits per heavy atom. The molecule has 0 saturated carbocycles. The number of hydrogen-bond donors (Lipinski definition) is 1. The lowest BCUT2D eigenvalue weighted by atomic mass is 10.2. The molecule has 0 spiro atoms. The van der Waals surface area contributed by atoms with Crippen molar-refractivity contribution in [3.63, 3.8) is 0 Å². The largest absolute Gasteiger partial charge is 0.315 e. The molecule has 16 heavy (non-hydrogen) atoms. The molecule has 0 aliphatic carbocycles. The Kier molecular flexibility index (Phi) is 2.96. The van der Waals surface area contributed by atoms with Gasteiger partial charge in [-0.25, -0.2) is 0 Å². The number of hydrogen-bond acceptors (Lipinski definition) is 4. The highest BCUT2D eigenvalue weighted by molar-refractivity contribution is 7.13. The monoisotopic (exact) mass is 233 g/mol. The van der Waals surface area contributed by atoms with Gasteiger partial charge in [0.15, 0.2) is 5.00 Å². The molecule has 0 saturated heterocycles. The normalized spacial score (nSPS) is 11.1. The molecule has 5 heteroatoms. The van der Waals surface area contributed by atoms with Crippen molar-refractivity contribution < 1.29 is 0 Å². The molecule has 1 aromatic heterocycles. The fourth-order valence-corrected chi connectivity index (χ4v) is 1.87. The zero-order valence-electron chi connectivity index (χ0n) is 9.02. The Hall–Kier alpha value is -1.75. The summed E-state index contributed by atoms with van der Waals surface area (Å²) < 4.78 is 0. The molecule has 1 aromatic carbocycles. The van der Waals surface area contributed by atoms with E-state index in [4.69, 9.17) is 0 Å². The summed E-state index contributed by atoms with van der Waals surface area (Å²) in [5, 5.41) is 8.74. The smallest absolute Gasteiger partial charge is 0.306 e. The number of benzene rings is 1. The highest BCUT2D eigenvalue weighted by atomic mass is 32.1. The summed E-state index contributed by atoms with van der Waals surface area (Å²) in [4.78, 5) is 13.6. The van der Waals surface area contributed by atoms with Crippen LogP contribution in [-0.2, 0) is 0 Å². The van der Waals surface area contributed by atoms with Crippen molar-refractivity contribution in [2.45, 2.75) is 13.8 Å². The third-order valence-corrected chi connectivity index (χ3v) is 2.96. The van der Waals surface area contributed by atoms with Gasteiger partial charge in [-0.15, -0.1) is 10.2 Å². The van der Waals surface area contributed by atoms with Gasteiger partial charge in [-0.2, -0.15) is 0 Å². The van der Waals surface area contributed by atoms with Crippen molar-refractivity contribution in [1.82, 2.24) is 4.98 Å². The lowest BCUT2D eigenvalue weighted by Gasteiger charge is -1.92. The van der Waals surface area contributed by atoms with Gasteiger partial charge in [0.25, 0.3) is 0 Å². The van der Waals surface area contributed by atoms with Gasteiger partial charge in [0.05, 0.1) is 11.4 Å². The molecule has 2 aromatic rings. The summed E-state index contributed by atoms with van der Waals surface area (Å²) in [5.41, 5.74) is 2.72. The van der Waals surface area contributed by atoms with Gasteiger partial charge in [-0.05, 0) is 26.0 Å². The maximum atomic E-state index is 11.0. The molecule has 1 N–H and O–H groups in total. The van der Waals surface area contributed by atoms with Gasteiger partial charge in [0.1, 0.15) is 0 Å². The standard InChI is InChI=1S/C11H11N3OS/c1-7-3-5-9(6-4-7)13-14-10-8(2)12-11(15)16-10/h3-6H,1-2H3,(H,12,15). The maximum Gasteiger partial charge on any atom is 0.306 e. The molecule has 0 aliphatic heterocycles. The number of thiazole rings is 1. The molecule has 82 valence electrons. The fraction of sp³-hybridized carbons (Fsp3) is 0.182. The highest BCUT2D eigenvalue weighted by Crippen LogP contribution is 2.23. The van der Waals surface area contributed by atoms with E-state index in [1.807, 2.05) is 31.2 Å². The van der Waals surface area contributed by atoms with Gasteiger partial charge in [-0.3, -0.25) is 4.79 Å². The molecule has 0 radical (unpaired) electrons. The van der Waals surface area contributed by atoms with Gasteiger partial charge in [-0.1, -0.05) is 29.0 Å². The SMILES string of the molecule is Cc1ccc(N=Nc2sc(=O)[nH]c2C)cc1. The zero-order chi connectivity index (χ0) is 11.5. The summed E-state index contributed by atoms with van der Waals surface area (Å²) in [6.45, 7) is 3.82. The van der Waals surface area contributed by atoms with Crippen LogP contribution in [0.3, 0.4) is 0 Å². The second-order valence-corrected chi connectivity index (χ2v) is 4.44. The Balaban J connectivity index is 2.24. The number of aromatic amines is 1. The predicted molar refractivity (Wildman–Crippen MR) is 65.0 cm³/mol. The van der Waals surface area contributed by atoms with E-state index < -0.39 is 0 Å². The third kappa shape index (κ3) is 2.43. The lowest BCUT2D eigenvalue weighted by Crippen LogP contribution is -1.90. The van der Waals surface area contributed by atoms with Crippen LogP contribution in [0.5, 0.6) is 0 Å². The summed E-state index contributed by atoms with van der Waals surface area (Å²) in [6.07, 6.45) is 0. The number of aromatic nitrogens is 1. The first kappa shape index (κ1) is 10.8. The number of azo groups is 1. The Morgan fingerprint density at radius 3 is 2.38 bits per heavy atom. The van der Waals surface area contributed by atoms with Crippen molar-refractivity contribution in [3.05, 3.63) is 45.2 Å². The molecule has 0 unspecified atom stereocenters. The molecule has 2 rings (SSSR count). The summed E-state index contributed by atoms with van der Waals surface area (Å²) >= 11 is 1.07. The van der Waals surface area contributed by atoms with Gasteiger partial charge >= 0.3 is 4.87 Å². The van der Waals surface area contributed by atoms with E-state index in [1.165, 1.54) is 5.56 Å². The molecule has 0 aliphatic rings. The Labute approximate surface area is 96.7 Å². The topological polar surface area (TPSA) is 57.6 Å². The van der Waals surface area contributed by atoms with Crippen molar-refractivity contribution in [2.75, 3.05) is 0 Å². The van der Waals surface area contributed by atoms with Crippen LogP contribution < -0.4 is 4.87 Å². The van der Waals surface area contributed by atoms with Crippen LogP contribution in [0.15, 0.2) is 39.3 Å². The number of nitrogens with one attached hydrogen (secondary N) is 1. The van der Waals surface area contributed by atoms with Gasteiger partial charge in [0.2, 0.25) is 0 Å². The molecule has 0 amide bonds. The van der Waals surface area contributed by atoms with E-state index in [0.717, 1.165) is 22.7 Å². The van der Waals surface area contributed by atoms with E-state index in [2.05, 4.69) is 15.2 Å². The fourth-order valence-electron chi connectivity index (χ4n) is 1.21. The molecule has 0 bridgehead atoms. The van der Waals surface area contributed by atoms with Crippen LogP contribution in [0.4, 0.5) is 10.7 Å². The van der Waals surface area contributed by atoms with Gasteiger partial charge < -0.3 is 4.98 Å². The van der Waals surface area contributed by atoms with Crippen LogP contribution in [0.25, 0.3) is 0 Å². The van der Waals surface area contributed by atoms with Crippen molar-refractivity contribution in [1.29, 1.82) is 0 Å². The molecule has 4 nitrogen and oxygen atoms in total. The van der Waals surface area contributed by atoms with Gasteiger partial charge in [0, 0.05) is 0 Å². The average Bonchev–Trinajstić information content (AvgIpc) is 2.57. The number of nitrogens with zero attached hydrogens (tertiary/aromatic N) is 2. The van der Waals surface area contributed by atoms with Crippen molar-refractivity contribution in [2.24, 2.45) is 10.2 Å².